The van der Waals surface area contributed by atoms with Gasteiger partial charge in [-0.15, -0.1) is 0 Å². The molecule has 0 saturated heterocycles. The van der Waals surface area contributed by atoms with Gasteiger partial charge in [0.05, 0.1) is 6.20 Å². The number of hydrogen-bond acceptors (Lipinski definition) is 4. The van der Waals surface area contributed by atoms with Gasteiger partial charge in [-0.05, 0) is 11.5 Å². The van der Waals surface area contributed by atoms with Gasteiger partial charge < -0.3 is 5.32 Å². The minimum absolute atomic E-state index is 0.144. The minimum atomic E-state index is 0.144. The summed E-state index contributed by atoms with van der Waals surface area (Å²) >= 11 is 5.90. The number of halogens is 1. The summed E-state index contributed by atoms with van der Waals surface area (Å²) in [5, 5.41) is 14.3. The Morgan fingerprint density at radius 2 is 1.90 bits per heavy atom. The average Bonchev–Trinajstić information content (AvgIpc) is 2.48. The lowest BCUT2D eigenvalue weighted by Crippen LogP contribution is -1.98. The van der Waals surface area contributed by atoms with Crippen LogP contribution in [-0.2, 0) is 0 Å². The highest BCUT2D eigenvalue weighted by molar-refractivity contribution is 6.30. The molecule has 0 amide bonds. The second kappa shape index (κ2) is 5.16. The van der Waals surface area contributed by atoms with E-state index in [0.717, 1.165) is 16.5 Å². The Morgan fingerprint density at radius 1 is 1.10 bits per heavy atom. The van der Waals surface area contributed by atoms with Crippen LogP contribution in [0, 0.1) is 11.3 Å². The number of rotatable bonds is 2. The predicted molar refractivity (Wildman–Crippen MR) is 79.0 cm³/mol. The maximum absolute atomic E-state index is 8.81. The molecule has 0 aliphatic carbocycles. The average molecular weight is 281 g/mol. The quantitative estimate of drug-likeness (QED) is 0.723. The van der Waals surface area contributed by atoms with Crippen LogP contribution in [0.25, 0.3) is 10.8 Å². The van der Waals surface area contributed by atoms with Gasteiger partial charge in [-0.25, -0.2) is 4.98 Å². The molecule has 0 saturated carbocycles. The molecule has 0 atom stereocenters. The molecule has 3 aromatic rings. The molecule has 4 nitrogen and oxygen atoms in total. The van der Waals surface area contributed by atoms with Gasteiger partial charge in [0.1, 0.15) is 11.6 Å². The van der Waals surface area contributed by atoms with Crippen molar-refractivity contribution in [1.29, 1.82) is 5.26 Å². The van der Waals surface area contributed by atoms with E-state index in [1.807, 2.05) is 48.5 Å². The van der Waals surface area contributed by atoms with Gasteiger partial charge in [-0.1, -0.05) is 48.0 Å². The number of hydrogen-bond donors (Lipinski definition) is 1. The van der Waals surface area contributed by atoms with Crippen molar-refractivity contribution >= 4 is 34.0 Å². The van der Waals surface area contributed by atoms with E-state index in [1.54, 1.807) is 0 Å². The Bertz CT molecular complexity index is 818. The van der Waals surface area contributed by atoms with E-state index in [9.17, 15) is 0 Å². The van der Waals surface area contributed by atoms with Crippen molar-refractivity contribution < 1.29 is 0 Å². The summed E-state index contributed by atoms with van der Waals surface area (Å²) < 4.78 is 0. The van der Waals surface area contributed by atoms with Crippen molar-refractivity contribution in [2.24, 2.45) is 0 Å². The number of nitriles is 1. The molecule has 0 bridgehead atoms. The van der Waals surface area contributed by atoms with Crippen molar-refractivity contribution in [3.8, 4) is 6.07 Å². The summed E-state index contributed by atoms with van der Waals surface area (Å²) in [6.07, 6.45) is 1.41. The van der Waals surface area contributed by atoms with E-state index in [0.29, 0.717) is 5.95 Å². The summed E-state index contributed by atoms with van der Waals surface area (Å²) in [7, 11) is 0. The smallest absolute Gasteiger partial charge is 0.228 e. The number of nitrogens with one attached hydrogen (secondary N) is 1. The van der Waals surface area contributed by atoms with Gasteiger partial charge in [0.15, 0.2) is 5.15 Å². The summed E-state index contributed by atoms with van der Waals surface area (Å²) in [6, 6.07) is 15.9. The van der Waals surface area contributed by atoms with Gasteiger partial charge in [-0.3, -0.25) is 0 Å². The van der Waals surface area contributed by atoms with Crippen molar-refractivity contribution in [3.05, 3.63) is 59.4 Å². The van der Waals surface area contributed by atoms with Gasteiger partial charge in [0, 0.05) is 11.1 Å². The van der Waals surface area contributed by atoms with E-state index < -0.39 is 0 Å². The van der Waals surface area contributed by atoms with Crippen molar-refractivity contribution in [3.63, 3.8) is 0 Å². The zero-order valence-corrected chi connectivity index (χ0v) is 11.1. The minimum Gasteiger partial charge on any atom is -0.324 e. The summed E-state index contributed by atoms with van der Waals surface area (Å²) in [6.45, 7) is 0. The maximum Gasteiger partial charge on any atom is 0.228 e. The first kappa shape index (κ1) is 12.4. The third-order valence-electron chi connectivity index (χ3n) is 2.90. The predicted octanol–water partition coefficient (Wildman–Crippen LogP) is 3.90. The summed E-state index contributed by atoms with van der Waals surface area (Å²) in [5.41, 5.74) is 1.15. The summed E-state index contributed by atoms with van der Waals surface area (Å²) in [5.74, 6) is 0.366. The zero-order valence-electron chi connectivity index (χ0n) is 10.3. The lowest BCUT2D eigenvalue weighted by atomic mass is 10.1. The van der Waals surface area contributed by atoms with E-state index in [1.165, 1.54) is 6.20 Å². The molecule has 0 radical (unpaired) electrons. The molecule has 0 aliphatic rings. The van der Waals surface area contributed by atoms with Crippen molar-refractivity contribution in [2.45, 2.75) is 0 Å². The molecule has 0 fully saturated rings. The Hall–Kier alpha value is -2.64. The molecule has 96 valence electrons. The van der Waals surface area contributed by atoms with E-state index >= 15 is 0 Å². The van der Waals surface area contributed by atoms with Crippen LogP contribution < -0.4 is 5.32 Å². The zero-order chi connectivity index (χ0) is 13.9. The molecule has 5 heteroatoms. The fourth-order valence-corrected chi connectivity index (χ4v) is 2.12. The first-order chi connectivity index (χ1) is 9.78. The van der Waals surface area contributed by atoms with Crippen molar-refractivity contribution in [1.82, 2.24) is 9.97 Å². The molecule has 0 unspecified atom stereocenters. The van der Waals surface area contributed by atoms with Crippen molar-refractivity contribution in [2.75, 3.05) is 5.32 Å². The maximum atomic E-state index is 8.81. The number of nitrogens with zero attached hydrogens (tertiary/aromatic N) is 3. The molecule has 0 spiro atoms. The Kier molecular flexibility index (Phi) is 3.20. The Balaban J connectivity index is 2.02. The highest BCUT2D eigenvalue weighted by Crippen LogP contribution is 2.25. The van der Waals surface area contributed by atoms with Crippen LogP contribution in [0.15, 0.2) is 48.7 Å². The standard InChI is InChI=1S/C15H9ClN4/c16-14-11(8-17)9-18-15(20-14)19-13-7-3-5-10-4-1-2-6-12(10)13/h1-7,9H,(H,18,19,20). The van der Waals surface area contributed by atoms with Gasteiger partial charge in [0.25, 0.3) is 0 Å². The van der Waals surface area contributed by atoms with E-state index in [-0.39, 0.29) is 10.7 Å². The molecular formula is C15H9ClN4. The largest absolute Gasteiger partial charge is 0.324 e. The fraction of sp³-hybridized carbons (Fsp3) is 0. The first-order valence-electron chi connectivity index (χ1n) is 5.95. The normalized spacial score (nSPS) is 10.2. The van der Waals surface area contributed by atoms with Crippen LogP contribution in [0.3, 0.4) is 0 Å². The molecule has 1 aromatic heterocycles. The molecular weight excluding hydrogens is 272 g/mol. The molecule has 2 aromatic carbocycles. The molecule has 20 heavy (non-hydrogen) atoms. The third-order valence-corrected chi connectivity index (χ3v) is 3.19. The van der Waals surface area contributed by atoms with Gasteiger partial charge >= 0.3 is 0 Å². The Morgan fingerprint density at radius 3 is 2.70 bits per heavy atom. The topological polar surface area (TPSA) is 61.6 Å². The number of aromatic nitrogens is 2. The van der Waals surface area contributed by atoms with Crippen LogP contribution in [0.1, 0.15) is 5.56 Å². The number of benzene rings is 2. The highest BCUT2D eigenvalue weighted by Gasteiger charge is 2.06. The van der Waals surface area contributed by atoms with Crippen LogP contribution in [-0.4, -0.2) is 9.97 Å². The first-order valence-corrected chi connectivity index (χ1v) is 6.33. The van der Waals surface area contributed by atoms with Crippen LogP contribution in [0.2, 0.25) is 5.15 Å². The van der Waals surface area contributed by atoms with Crippen LogP contribution in [0.4, 0.5) is 11.6 Å². The molecule has 1 N–H and O–H groups in total. The van der Waals surface area contributed by atoms with Crippen LogP contribution >= 0.6 is 11.6 Å². The van der Waals surface area contributed by atoms with Gasteiger partial charge in [-0.2, -0.15) is 10.2 Å². The SMILES string of the molecule is N#Cc1cnc(Nc2cccc3ccccc23)nc1Cl. The molecule has 1 heterocycles. The van der Waals surface area contributed by atoms with Gasteiger partial charge in [0.2, 0.25) is 5.95 Å². The Labute approximate surface area is 120 Å². The molecule has 3 rings (SSSR count). The lowest BCUT2D eigenvalue weighted by Gasteiger charge is -2.08. The second-order valence-corrected chi connectivity index (χ2v) is 4.52. The third kappa shape index (κ3) is 2.27. The van der Waals surface area contributed by atoms with E-state index in [4.69, 9.17) is 16.9 Å². The second-order valence-electron chi connectivity index (χ2n) is 4.16. The van der Waals surface area contributed by atoms with E-state index in [2.05, 4.69) is 15.3 Å². The fourth-order valence-electron chi connectivity index (χ4n) is 1.95. The molecule has 0 aliphatic heterocycles. The highest BCUT2D eigenvalue weighted by atomic mass is 35.5. The number of anilines is 2. The van der Waals surface area contributed by atoms with Crippen LogP contribution in [0.5, 0.6) is 0 Å². The number of fused-ring (bicyclic) bond motifs is 1. The lowest BCUT2D eigenvalue weighted by molar-refractivity contribution is 1.15. The monoisotopic (exact) mass is 280 g/mol. The summed E-state index contributed by atoms with van der Waals surface area (Å²) in [4.78, 5) is 8.15.